The van der Waals surface area contributed by atoms with Gasteiger partial charge in [-0.2, -0.15) is 0 Å². The molecule has 0 radical (unpaired) electrons. The van der Waals surface area contributed by atoms with Crippen LogP contribution in [0.3, 0.4) is 0 Å². The first-order valence-corrected chi connectivity index (χ1v) is 11.8. The molecule has 1 aliphatic rings. The molecule has 4 rings (SSSR count). The third-order valence-electron chi connectivity index (χ3n) is 6.06. The Kier molecular flexibility index (Phi) is 8.26. The van der Waals surface area contributed by atoms with Crippen molar-refractivity contribution in [3.8, 4) is 11.1 Å². The van der Waals surface area contributed by atoms with Crippen molar-refractivity contribution in [2.75, 3.05) is 18.5 Å². The predicted molar refractivity (Wildman–Crippen MR) is 136 cm³/mol. The maximum absolute atomic E-state index is 12.1. The Morgan fingerprint density at radius 2 is 1.71 bits per heavy atom. The first-order valence-electron chi connectivity index (χ1n) is 11.8. The molecule has 7 nitrogen and oxygen atoms in total. The monoisotopic (exact) mass is 473 g/mol. The molecule has 0 spiro atoms. The van der Waals surface area contributed by atoms with Crippen molar-refractivity contribution >= 4 is 17.6 Å². The summed E-state index contributed by atoms with van der Waals surface area (Å²) in [7, 11) is 0. The van der Waals surface area contributed by atoms with Gasteiger partial charge in [0.25, 0.3) is 0 Å². The van der Waals surface area contributed by atoms with E-state index >= 15 is 0 Å². The lowest BCUT2D eigenvalue weighted by Gasteiger charge is -2.21. The molecule has 35 heavy (non-hydrogen) atoms. The van der Waals surface area contributed by atoms with E-state index in [1.807, 2.05) is 78.9 Å². The van der Waals surface area contributed by atoms with Crippen molar-refractivity contribution in [2.45, 2.75) is 31.5 Å². The van der Waals surface area contributed by atoms with Gasteiger partial charge >= 0.3 is 5.97 Å². The van der Waals surface area contributed by atoms with Crippen LogP contribution < -0.4 is 16.4 Å². The Hall–Kier alpha value is -3.52. The van der Waals surface area contributed by atoms with Gasteiger partial charge in [-0.1, -0.05) is 66.7 Å². The number of carbonyl (C=O) groups excluding carboxylic acids is 1. The molecule has 1 saturated carbocycles. The Morgan fingerprint density at radius 1 is 0.971 bits per heavy atom. The quantitative estimate of drug-likeness (QED) is 0.317. The minimum absolute atomic E-state index is 0.0183. The van der Waals surface area contributed by atoms with Crippen LogP contribution in [0.25, 0.3) is 11.1 Å². The van der Waals surface area contributed by atoms with E-state index in [1.54, 1.807) is 0 Å². The van der Waals surface area contributed by atoms with Crippen molar-refractivity contribution in [3.05, 3.63) is 90.0 Å². The zero-order valence-corrected chi connectivity index (χ0v) is 19.5. The first kappa shape index (κ1) is 24.6. The van der Waals surface area contributed by atoms with Crippen LogP contribution in [0.1, 0.15) is 30.0 Å². The Bertz CT molecular complexity index is 1130. The molecular weight excluding hydrogens is 442 g/mol. The van der Waals surface area contributed by atoms with Crippen LogP contribution in [-0.2, 0) is 20.9 Å². The van der Waals surface area contributed by atoms with Crippen LogP contribution in [0, 0.1) is 5.92 Å². The number of carboxylic acids is 1. The van der Waals surface area contributed by atoms with Crippen LogP contribution in [-0.4, -0.2) is 36.2 Å². The molecule has 0 saturated heterocycles. The molecule has 1 amide bonds. The largest absolute Gasteiger partial charge is 0.481 e. The number of benzene rings is 3. The van der Waals surface area contributed by atoms with Gasteiger partial charge in [0.1, 0.15) is 0 Å². The van der Waals surface area contributed by atoms with E-state index in [0.29, 0.717) is 19.2 Å². The summed E-state index contributed by atoms with van der Waals surface area (Å²) in [6.07, 6.45) is 2.27. The molecule has 7 heteroatoms. The van der Waals surface area contributed by atoms with Gasteiger partial charge < -0.3 is 26.2 Å². The van der Waals surface area contributed by atoms with Gasteiger partial charge in [0.2, 0.25) is 5.91 Å². The van der Waals surface area contributed by atoms with E-state index in [0.717, 1.165) is 40.8 Å². The summed E-state index contributed by atoms with van der Waals surface area (Å²) in [5.74, 6) is -1.92. The molecule has 1 fully saturated rings. The summed E-state index contributed by atoms with van der Waals surface area (Å²) in [6.45, 7) is 0.658. The topological polar surface area (TPSA) is 114 Å². The van der Waals surface area contributed by atoms with Gasteiger partial charge in [-0.25, -0.2) is 0 Å². The number of hydrogen-bond donors (Lipinski definition) is 4. The van der Waals surface area contributed by atoms with Gasteiger partial charge in [0.15, 0.2) is 0 Å². The minimum atomic E-state index is -0.991. The Balaban J connectivity index is 1.36. The number of rotatable bonds is 12. The minimum Gasteiger partial charge on any atom is -0.481 e. The van der Waals surface area contributed by atoms with E-state index in [-0.39, 0.29) is 12.5 Å². The molecule has 0 aliphatic heterocycles. The number of anilines is 1. The second-order valence-corrected chi connectivity index (χ2v) is 8.88. The fourth-order valence-corrected chi connectivity index (χ4v) is 3.84. The standard InChI is InChI=1S/C28H31N3O4/c29-27(25(28(33)34)18-35-17-19-5-2-1-3-6-19)21-11-9-20(10-12-21)22-7-4-8-24(15-22)31-26(32)16-30-23-13-14-23/h1-12,15,23,25,27,30H,13-14,16-18,29H2,(H,31,32)(H,33,34)/t25-,27+/m0/s1. The number of nitrogens with two attached hydrogens (primary N) is 1. The lowest BCUT2D eigenvalue weighted by Crippen LogP contribution is -2.32. The van der Waals surface area contributed by atoms with Gasteiger partial charge in [-0.15, -0.1) is 0 Å². The first-order chi connectivity index (χ1) is 17.0. The second kappa shape index (κ2) is 11.8. The highest BCUT2D eigenvalue weighted by Gasteiger charge is 2.27. The van der Waals surface area contributed by atoms with E-state index in [4.69, 9.17) is 10.5 Å². The maximum Gasteiger partial charge on any atom is 0.310 e. The highest BCUT2D eigenvalue weighted by atomic mass is 16.5. The lowest BCUT2D eigenvalue weighted by molar-refractivity contribution is -0.145. The number of ether oxygens (including phenoxy) is 1. The third-order valence-corrected chi connectivity index (χ3v) is 6.06. The van der Waals surface area contributed by atoms with Gasteiger partial charge in [-0.3, -0.25) is 9.59 Å². The average Bonchev–Trinajstić information content (AvgIpc) is 3.70. The van der Waals surface area contributed by atoms with Gasteiger partial charge in [0.05, 0.1) is 25.7 Å². The predicted octanol–water partition coefficient (Wildman–Crippen LogP) is 3.96. The smallest absolute Gasteiger partial charge is 0.310 e. The fraction of sp³-hybridized carbons (Fsp3) is 0.286. The SMILES string of the molecule is N[C@H](c1ccc(-c2cccc(NC(=O)CNC3CC3)c2)cc1)[C@H](COCc1ccccc1)C(=O)O. The normalized spacial score (nSPS) is 14.8. The highest BCUT2D eigenvalue weighted by molar-refractivity contribution is 5.93. The summed E-state index contributed by atoms with van der Waals surface area (Å²) in [5, 5.41) is 15.8. The van der Waals surface area contributed by atoms with Crippen molar-refractivity contribution < 1.29 is 19.4 Å². The molecule has 0 unspecified atom stereocenters. The number of aliphatic carboxylic acids is 1. The molecular formula is C28H31N3O4. The summed E-state index contributed by atoms with van der Waals surface area (Å²) in [4.78, 5) is 24.0. The number of carbonyl (C=O) groups is 2. The number of hydrogen-bond acceptors (Lipinski definition) is 5. The Labute approximate surface area is 205 Å². The molecule has 182 valence electrons. The molecule has 2 atom stereocenters. The lowest BCUT2D eigenvalue weighted by atomic mass is 9.93. The average molecular weight is 474 g/mol. The van der Waals surface area contributed by atoms with Crippen molar-refractivity contribution in [1.82, 2.24) is 5.32 Å². The maximum atomic E-state index is 12.1. The zero-order valence-electron chi connectivity index (χ0n) is 19.5. The fourth-order valence-electron chi connectivity index (χ4n) is 3.84. The molecule has 0 aromatic heterocycles. The highest BCUT2D eigenvalue weighted by Crippen LogP contribution is 2.27. The summed E-state index contributed by atoms with van der Waals surface area (Å²) in [6, 6.07) is 24.5. The van der Waals surface area contributed by atoms with E-state index < -0.39 is 17.9 Å². The van der Waals surface area contributed by atoms with Crippen LogP contribution in [0.4, 0.5) is 5.69 Å². The molecule has 3 aromatic rings. The number of nitrogens with one attached hydrogen (secondary N) is 2. The van der Waals surface area contributed by atoms with Crippen LogP contribution >= 0.6 is 0 Å². The van der Waals surface area contributed by atoms with Gasteiger partial charge in [-0.05, 0) is 47.2 Å². The van der Waals surface area contributed by atoms with Crippen molar-refractivity contribution in [2.24, 2.45) is 11.7 Å². The van der Waals surface area contributed by atoms with Crippen LogP contribution in [0.2, 0.25) is 0 Å². The molecule has 5 N–H and O–H groups in total. The van der Waals surface area contributed by atoms with Crippen LogP contribution in [0.5, 0.6) is 0 Å². The van der Waals surface area contributed by atoms with Gasteiger partial charge in [0, 0.05) is 17.8 Å². The second-order valence-electron chi connectivity index (χ2n) is 8.88. The summed E-state index contributed by atoms with van der Waals surface area (Å²) < 4.78 is 5.66. The number of amides is 1. The van der Waals surface area contributed by atoms with E-state index in [1.165, 1.54) is 0 Å². The molecule has 0 heterocycles. The van der Waals surface area contributed by atoms with Crippen molar-refractivity contribution in [1.29, 1.82) is 0 Å². The summed E-state index contributed by atoms with van der Waals surface area (Å²) >= 11 is 0. The number of carboxylic acid groups (broad SMARTS) is 1. The molecule has 1 aliphatic carbocycles. The Morgan fingerprint density at radius 3 is 2.40 bits per heavy atom. The third kappa shape index (κ3) is 7.23. The molecule has 0 bridgehead atoms. The van der Waals surface area contributed by atoms with Crippen molar-refractivity contribution in [3.63, 3.8) is 0 Å². The molecule has 3 aromatic carbocycles. The van der Waals surface area contributed by atoms with E-state index in [9.17, 15) is 14.7 Å². The summed E-state index contributed by atoms with van der Waals surface area (Å²) in [5.41, 5.74) is 10.6. The van der Waals surface area contributed by atoms with E-state index in [2.05, 4.69) is 10.6 Å². The zero-order chi connectivity index (χ0) is 24.6. The van der Waals surface area contributed by atoms with Crippen LogP contribution in [0.15, 0.2) is 78.9 Å².